The summed E-state index contributed by atoms with van der Waals surface area (Å²) < 4.78 is 9.95. The molecule has 0 aliphatic carbocycles. The van der Waals surface area contributed by atoms with Crippen LogP contribution in [0.25, 0.3) is 0 Å². The molecule has 0 saturated carbocycles. The number of esters is 1. The standard InChI is InChI=1S/C20H22N2O5/c1-12(2)13-5-7-14(8-6-13)20(3)18(24)22(19(25)21-20)11-15-9-10-16(27-15)17(23)26-4/h5-10,12H,11H2,1-4H3,(H,21,25)/t20-/m0/s1. The summed E-state index contributed by atoms with van der Waals surface area (Å²) in [6.07, 6.45) is 0. The fourth-order valence-electron chi connectivity index (χ4n) is 3.07. The molecule has 7 nitrogen and oxygen atoms in total. The molecule has 142 valence electrons. The molecular weight excluding hydrogens is 348 g/mol. The maximum absolute atomic E-state index is 13.0. The molecule has 1 aromatic heterocycles. The lowest BCUT2D eigenvalue weighted by Crippen LogP contribution is -2.40. The van der Waals surface area contributed by atoms with E-state index < -0.39 is 17.5 Å². The minimum Gasteiger partial charge on any atom is -0.463 e. The molecule has 0 bridgehead atoms. The zero-order chi connectivity index (χ0) is 19.8. The molecule has 1 aliphatic rings. The van der Waals surface area contributed by atoms with E-state index in [9.17, 15) is 14.4 Å². The van der Waals surface area contributed by atoms with Crippen molar-refractivity contribution in [1.82, 2.24) is 10.2 Å². The number of methoxy groups -OCH3 is 1. The molecule has 2 heterocycles. The number of ether oxygens (including phenoxy) is 1. The highest BCUT2D eigenvalue weighted by Crippen LogP contribution is 2.31. The normalized spacial score (nSPS) is 19.5. The van der Waals surface area contributed by atoms with Crippen LogP contribution in [-0.2, 0) is 21.6 Å². The van der Waals surface area contributed by atoms with Crippen LogP contribution in [0.4, 0.5) is 4.79 Å². The summed E-state index contributed by atoms with van der Waals surface area (Å²) >= 11 is 0. The van der Waals surface area contributed by atoms with E-state index in [0.29, 0.717) is 17.2 Å². The fourth-order valence-corrected chi connectivity index (χ4v) is 3.07. The number of benzene rings is 1. The van der Waals surface area contributed by atoms with Gasteiger partial charge in [0.1, 0.15) is 11.3 Å². The molecule has 3 rings (SSSR count). The second kappa shape index (κ2) is 6.90. The SMILES string of the molecule is COC(=O)c1ccc(CN2C(=O)N[C@@](C)(c3ccc(C(C)C)cc3)C2=O)o1. The van der Waals surface area contributed by atoms with Crippen LogP contribution in [0, 0.1) is 0 Å². The van der Waals surface area contributed by atoms with Crippen LogP contribution in [0.1, 0.15) is 54.1 Å². The maximum Gasteiger partial charge on any atom is 0.373 e. The lowest BCUT2D eigenvalue weighted by atomic mass is 9.90. The fraction of sp³-hybridized carbons (Fsp3) is 0.350. The Hall–Kier alpha value is -3.09. The van der Waals surface area contributed by atoms with Gasteiger partial charge in [-0.05, 0) is 36.1 Å². The largest absolute Gasteiger partial charge is 0.463 e. The van der Waals surface area contributed by atoms with Crippen molar-refractivity contribution in [3.63, 3.8) is 0 Å². The first-order chi connectivity index (χ1) is 12.8. The molecule has 0 spiro atoms. The van der Waals surface area contributed by atoms with Gasteiger partial charge < -0.3 is 14.5 Å². The highest BCUT2D eigenvalue weighted by molar-refractivity contribution is 6.07. The first-order valence-corrected chi connectivity index (χ1v) is 8.68. The molecule has 1 saturated heterocycles. The number of imide groups is 1. The molecule has 0 radical (unpaired) electrons. The monoisotopic (exact) mass is 370 g/mol. The van der Waals surface area contributed by atoms with Gasteiger partial charge in [0.25, 0.3) is 5.91 Å². The van der Waals surface area contributed by atoms with Crippen LogP contribution in [0.15, 0.2) is 40.8 Å². The summed E-state index contributed by atoms with van der Waals surface area (Å²) in [5, 5.41) is 2.76. The molecule has 1 aromatic carbocycles. The van der Waals surface area contributed by atoms with Gasteiger partial charge in [-0.1, -0.05) is 38.1 Å². The van der Waals surface area contributed by atoms with Gasteiger partial charge in [-0.25, -0.2) is 9.59 Å². The molecular formula is C20H22N2O5. The Kier molecular flexibility index (Phi) is 4.78. The quantitative estimate of drug-likeness (QED) is 0.645. The average molecular weight is 370 g/mol. The van der Waals surface area contributed by atoms with Crippen LogP contribution in [0.2, 0.25) is 0 Å². The number of hydrogen-bond donors (Lipinski definition) is 1. The third-order valence-corrected chi connectivity index (χ3v) is 4.79. The number of carbonyl (C=O) groups is 3. The lowest BCUT2D eigenvalue weighted by molar-refractivity contribution is -0.131. The number of urea groups is 1. The second-order valence-corrected chi connectivity index (χ2v) is 6.98. The Morgan fingerprint density at radius 2 is 1.85 bits per heavy atom. The van der Waals surface area contributed by atoms with E-state index in [1.807, 2.05) is 24.3 Å². The van der Waals surface area contributed by atoms with Crippen molar-refractivity contribution in [3.8, 4) is 0 Å². The topological polar surface area (TPSA) is 88.9 Å². The molecule has 0 unspecified atom stereocenters. The number of hydrogen-bond acceptors (Lipinski definition) is 5. The molecule has 1 N–H and O–H groups in total. The van der Waals surface area contributed by atoms with Crippen LogP contribution in [0.5, 0.6) is 0 Å². The van der Waals surface area contributed by atoms with Crippen molar-refractivity contribution in [2.75, 3.05) is 7.11 Å². The Morgan fingerprint density at radius 1 is 1.19 bits per heavy atom. The summed E-state index contributed by atoms with van der Waals surface area (Å²) in [4.78, 5) is 37.9. The summed E-state index contributed by atoms with van der Waals surface area (Å²) in [5.41, 5.74) is 0.717. The molecule has 1 aliphatic heterocycles. The average Bonchev–Trinajstić information content (AvgIpc) is 3.20. The van der Waals surface area contributed by atoms with Crippen LogP contribution >= 0.6 is 0 Å². The third-order valence-electron chi connectivity index (χ3n) is 4.79. The van der Waals surface area contributed by atoms with Gasteiger partial charge >= 0.3 is 12.0 Å². The van der Waals surface area contributed by atoms with E-state index in [1.165, 1.54) is 13.2 Å². The number of carbonyl (C=O) groups excluding carboxylic acids is 3. The first-order valence-electron chi connectivity index (χ1n) is 8.68. The molecule has 3 amide bonds. The number of furan rings is 1. The number of rotatable bonds is 5. The van der Waals surface area contributed by atoms with Gasteiger partial charge in [-0.2, -0.15) is 0 Å². The Morgan fingerprint density at radius 3 is 2.44 bits per heavy atom. The second-order valence-electron chi connectivity index (χ2n) is 6.98. The van der Waals surface area contributed by atoms with Crippen molar-refractivity contribution in [3.05, 3.63) is 59.0 Å². The van der Waals surface area contributed by atoms with Gasteiger partial charge in [-0.3, -0.25) is 9.69 Å². The summed E-state index contributed by atoms with van der Waals surface area (Å²) in [7, 11) is 1.25. The minimum absolute atomic E-state index is 0.0200. The van der Waals surface area contributed by atoms with Crippen LogP contribution < -0.4 is 5.32 Å². The predicted molar refractivity (Wildman–Crippen MR) is 97.0 cm³/mol. The van der Waals surface area contributed by atoms with Gasteiger partial charge in [-0.15, -0.1) is 0 Å². The van der Waals surface area contributed by atoms with E-state index in [-0.39, 0.29) is 18.2 Å². The van der Waals surface area contributed by atoms with Gasteiger partial charge in [0, 0.05) is 0 Å². The summed E-state index contributed by atoms with van der Waals surface area (Å²) in [6, 6.07) is 10.1. The molecule has 1 fully saturated rings. The van der Waals surface area contributed by atoms with Gasteiger partial charge in [0.15, 0.2) is 0 Å². The van der Waals surface area contributed by atoms with E-state index in [4.69, 9.17) is 4.42 Å². The van der Waals surface area contributed by atoms with E-state index in [0.717, 1.165) is 10.5 Å². The van der Waals surface area contributed by atoms with E-state index >= 15 is 0 Å². The summed E-state index contributed by atoms with van der Waals surface area (Å²) in [5.74, 6) is -0.278. The molecule has 27 heavy (non-hydrogen) atoms. The first kappa shape index (κ1) is 18.7. The van der Waals surface area contributed by atoms with Crippen molar-refractivity contribution in [1.29, 1.82) is 0 Å². The lowest BCUT2D eigenvalue weighted by Gasteiger charge is -2.22. The molecule has 1 atom stereocenters. The zero-order valence-corrected chi connectivity index (χ0v) is 15.7. The van der Waals surface area contributed by atoms with Crippen LogP contribution in [-0.4, -0.2) is 29.9 Å². The van der Waals surface area contributed by atoms with Crippen molar-refractivity contribution >= 4 is 17.9 Å². The summed E-state index contributed by atoms with van der Waals surface area (Å²) in [6.45, 7) is 5.79. The molecule has 2 aromatic rings. The number of amides is 3. The van der Waals surface area contributed by atoms with Gasteiger partial charge in [0.05, 0.1) is 13.7 Å². The highest BCUT2D eigenvalue weighted by Gasteiger charge is 2.49. The van der Waals surface area contributed by atoms with E-state index in [1.54, 1.807) is 13.0 Å². The predicted octanol–water partition coefficient (Wildman–Crippen LogP) is 3.16. The Balaban J connectivity index is 1.81. The zero-order valence-electron chi connectivity index (χ0n) is 15.7. The van der Waals surface area contributed by atoms with Crippen molar-refractivity contribution in [2.45, 2.75) is 38.8 Å². The highest BCUT2D eigenvalue weighted by atomic mass is 16.5. The van der Waals surface area contributed by atoms with Crippen molar-refractivity contribution < 1.29 is 23.5 Å². The Bertz CT molecular complexity index is 884. The van der Waals surface area contributed by atoms with Gasteiger partial charge in [0.2, 0.25) is 5.76 Å². The van der Waals surface area contributed by atoms with Crippen LogP contribution in [0.3, 0.4) is 0 Å². The number of nitrogens with zero attached hydrogens (tertiary/aromatic N) is 1. The van der Waals surface area contributed by atoms with Crippen molar-refractivity contribution in [2.24, 2.45) is 0 Å². The maximum atomic E-state index is 13.0. The minimum atomic E-state index is -1.15. The smallest absolute Gasteiger partial charge is 0.373 e. The Labute approximate surface area is 157 Å². The molecule has 7 heteroatoms. The van der Waals surface area contributed by atoms with E-state index in [2.05, 4.69) is 23.9 Å². The third kappa shape index (κ3) is 3.32. The number of nitrogens with one attached hydrogen (secondary N) is 1.